The lowest BCUT2D eigenvalue weighted by Gasteiger charge is -2.03. The molecule has 0 amide bonds. The molecule has 0 aliphatic carbocycles. The monoisotopic (exact) mass is 383 g/mol. The second-order valence-corrected chi connectivity index (χ2v) is 5.74. The molecule has 0 saturated carbocycles. The molecule has 0 saturated heterocycles. The highest BCUT2D eigenvalue weighted by molar-refractivity contribution is 14.0. The Bertz CT molecular complexity index is 123. The number of hydrogen-bond acceptors (Lipinski definition) is 1. The molecule has 0 radical (unpaired) electrons. The van der Waals surface area contributed by atoms with Crippen LogP contribution in [0.25, 0.3) is 0 Å². The first kappa shape index (κ1) is 22.0. The van der Waals surface area contributed by atoms with Crippen molar-refractivity contribution in [3.8, 4) is 0 Å². The van der Waals surface area contributed by atoms with Crippen LogP contribution in [0.3, 0.4) is 0 Å². The van der Waals surface area contributed by atoms with E-state index in [1.165, 1.54) is 96.3 Å². The first-order chi connectivity index (χ1) is 8.91. The Hall–Kier alpha value is 0.690. The van der Waals surface area contributed by atoms with Gasteiger partial charge in [-0.25, -0.2) is 0 Å². The van der Waals surface area contributed by atoms with E-state index in [2.05, 4.69) is 6.92 Å². The first-order valence-electron chi connectivity index (χ1n) is 8.62. The Morgan fingerprint density at radius 3 is 1.00 bits per heavy atom. The van der Waals surface area contributed by atoms with Crippen LogP contribution in [-0.4, -0.2) is 6.54 Å². The summed E-state index contributed by atoms with van der Waals surface area (Å²) >= 11 is 0. The summed E-state index contributed by atoms with van der Waals surface area (Å²) in [5, 5.41) is 0. The molecule has 1 nitrogen and oxygen atoms in total. The molecule has 2 N–H and O–H groups in total. The SMILES string of the molecule is CCCCCCCCCCCCCCCCCN.I. The second-order valence-electron chi connectivity index (χ2n) is 5.74. The lowest BCUT2D eigenvalue weighted by Crippen LogP contribution is -1.97. The third-order valence-corrected chi connectivity index (χ3v) is 3.81. The highest BCUT2D eigenvalue weighted by Gasteiger charge is 1.93. The van der Waals surface area contributed by atoms with E-state index < -0.39 is 0 Å². The molecule has 19 heavy (non-hydrogen) atoms. The Kier molecular flexibility index (Phi) is 24.3. The van der Waals surface area contributed by atoms with Gasteiger partial charge in [-0.15, -0.1) is 24.0 Å². The van der Waals surface area contributed by atoms with Crippen LogP contribution in [0.15, 0.2) is 0 Å². The molecule has 0 spiro atoms. The maximum atomic E-state index is 5.48. The van der Waals surface area contributed by atoms with Gasteiger partial charge in [0.25, 0.3) is 0 Å². The third kappa shape index (κ3) is 21.1. The average molecular weight is 383 g/mol. The van der Waals surface area contributed by atoms with Crippen molar-refractivity contribution < 1.29 is 0 Å². The highest BCUT2D eigenvalue weighted by Crippen LogP contribution is 2.13. The quantitative estimate of drug-likeness (QED) is 0.256. The molecule has 0 bridgehead atoms. The molecule has 0 unspecified atom stereocenters. The zero-order valence-corrected chi connectivity index (χ0v) is 15.6. The van der Waals surface area contributed by atoms with E-state index in [4.69, 9.17) is 5.73 Å². The molecule has 0 aromatic rings. The van der Waals surface area contributed by atoms with Crippen LogP contribution < -0.4 is 5.73 Å². The molecule has 0 atom stereocenters. The fourth-order valence-corrected chi connectivity index (χ4v) is 2.52. The number of nitrogens with two attached hydrogens (primary N) is 1. The minimum Gasteiger partial charge on any atom is -0.330 e. The van der Waals surface area contributed by atoms with Crippen molar-refractivity contribution >= 4 is 24.0 Å². The summed E-state index contributed by atoms with van der Waals surface area (Å²) in [6.45, 7) is 3.16. The maximum absolute atomic E-state index is 5.48. The van der Waals surface area contributed by atoms with Crippen LogP contribution in [0.5, 0.6) is 0 Å². The van der Waals surface area contributed by atoms with Crippen LogP contribution in [0, 0.1) is 0 Å². The third-order valence-electron chi connectivity index (χ3n) is 3.81. The Balaban J connectivity index is 0. The average Bonchev–Trinajstić information content (AvgIpc) is 2.39. The van der Waals surface area contributed by atoms with Crippen LogP contribution >= 0.6 is 24.0 Å². The van der Waals surface area contributed by atoms with Gasteiger partial charge in [-0.1, -0.05) is 96.8 Å². The van der Waals surface area contributed by atoms with Gasteiger partial charge in [-0.2, -0.15) is 0 Å². The summed E-state index contributed by atoms with van der Waals surface area (Å²) in [6, 6.07) is 0. The van der Waals surface area contributed by atoms with Crippen molar-refractivity contribution in [2.75, 3.05) is 6.54 Å². The van der Waals surface area contributed by atoms with E-state index in [9.17, 15) is 0 Å². The van der Waals surface area contributed by atoms with Gasteiger partial charge in [0, 0.05) is 0 Å². The predicted molar refractivity (Wildman–Crippen MR) is 99.4 cm³/mol. The summed E-state index contributed by atoms with van der Waals surface area (Å²) in [5.74, 6) is 0. The van der Waals surface area contributed by atoms with E-state index in [0.29, 0.717) is 0 Å². The van der Waals surface area contributed by atoms with Crippen LogP contribution in [0.1, 0.15) is 103 Å². The zero-order chi connectivity index (χ0) is 13.3. The normalized spacial score (nSPS) is 10.4. The van der Waals surface area contributed by atoms with E-state index in [0.717, 1.165) is 6.54 Å². The van der Waals surface area contributed by atoms with E-state index in [1.807, 2.05) is 0 Å². The largest absolute Gasteiger partial charge is 0.330 e. The first-order valence-corrected chi connectivity index (χ1v) is 8.62. The van der Waals surface area contributed by atoms with Gasteiger partial charge in [0.05, 0.1) is 0 Å². The van der Waals surface area contributed by atoms with Crippen LogP contribution in [0.4, 0.5) is 0 Å². The molecule has 0 aliphatic heterocycles. The molecule has 0 fully saturated rings. The number of unbranched alkanes of at least 4 members (excludes halogenated alkanes) is 14. The molecule has 0 aliphatic rings. The van der Waals surface area contributed by atoms with Crippen LogP contribution in [0.2, 0.25) is 0 Å². The van der Waals surface area contributed by atoms with E-state index >= 15 is 0 Å². The van der Waals surface area contributed by atoms with Crippen molar-refractivity contribution in [1.82, 2.24) is 0 Å². The Morgan fingerprint density at radius 2 is 0.737 bits per heavy atom. The van der Waals surface area contributed by atoms with E-state index in [1.54, 1.807) is 0 Å². The summed E-state index contributed by atoms with van der Waals surface area (Å²) in [6.07, 6.45) is 21.4. The van der Waals surface area contributed by atoms with E-state index in [-0.39, 0.29) is 24.0 Å². The van der Waals surface area contributed by atoms with Crippen molar-refractivity contribution in [3.05, 3.63) is 0 Å². The molecule has 0 aromatic carbocycles. The van der Waals surface area contributed by atoms with Crippen molar-refractivity contribution in [2.24, 2.45) is 5.73 Å². The van der Waals surface area contributed by atoms with Gasteiger partial charge in [0.2, 0.25) is 0 Å². The molecular weight excluding hydrogens is 345 g/mol. The smallest absolute Gasteiger partial charge is 0.00773 e. The minimum atomic E-state index is 0. The lowest BCUT2D eigenvalue weighted by atomic mass is 10.0. The Labute approximate surface area is 139 Å². The molecule has 0 rings (SSSR count). The lowest BCUT2D eigenvalue weighted by molar-refractivity contribution is 0.533. The van der Waals surface area contributed by atoms with Gasteiger partial charge in [0.15, 0.2) is 0 Å². The second kappa shape index (κ2) is 21.0. The summed E-state index contributed by atoms with van der Waals surface area (Å²) in [5.41, 5.74) is 5.48. The summed E-state index contributed by atoms with van der Waals surface area (Å²) < 4.78 is 0. The predicted octanol–water partition coefficient (Wildman–Crippen LogP) is 6.43. The zero-order valence-electron chi connectivity index (χ0n) is 13.3. The maximum Gasteiger partial charge on any atom is -0.00773 e. The number of halogens is 1. The van der Waals surface area contributed by atoms with Crippen molar-refractivity contribution in [2.45, 2.75) is 103 Å². The molecule has 0 aromatic heterocycles. The number of hydrogen-bond donors (Lipinski definition) is 1. The fourth-order valence-electron chi connectivity index (χ4n) is 2.52. The molecule has 0 heterocycles. The molecule has 118 valence electrons. The standard InChI is InChI=1S/C17H37N.HI/c1-2-3-4-5-6-7-8-9-10-11-12-13-14-15-16-17-18;/h2-18H2,1H3;1H. The minimum absolute atomic E-state index is 0. The number of rotatable bonds is 15. The van der Waals surface area contributed by atoms with Gasteiger partial charge < -0.3 is 5.73 Å². The van der Waals surface area contributed by atoms with Gasteiger partial charge in [0.1, 0.15) is 0 Å². The topological polar surface area (TPSA) is 26.0 Å². The van der Waals surface area contributed by atoms with Gasteiger partial charge in [-0.05, 0) is 13.0 Å². The van der Waals surface area contributed by atoms with Crippen molar-refractivity contribution in [1.29, 1.82) is 0 Å². The van der Waals surface area contributed by atoms with Crippen molar-refractivity contribution in [3.63, 3.8) is 0 Å². The Morgan fingerprint density at radius 1 is 0.474 bits per heavy atom. The molecular formula is C17H38IN. The molecule has 2 heteroatoms. The van der Waals surface area contributed by atoms with Gasteiger partial charge >= 0.3 is 0 Å². The van der Waals surface area contributed by atoms with Crippen LogP contribution in [-0.2, 0) is 0 Å². The summed E-state index contributed by atoms with van der Waals surface area (Å²) in [4.78, 5) is 0. The highest BCUT2D eigenvalue weighted by atomic mass is 127. The summed E-state index contributed by atoms with van der Waals surface area (Å²) in [7, 11) is 0. The fraction of sp³-hybridized carbons (Fsp3) is 1.00. The van der Waals surface area contributed by atoms with Gasteiger partial charge in [-0.3, -0.25) is 0 Å².